The summed E-state index contributed by atoms with van der Waals surface area (Å²) >= 11 is 0. The van der Waals surface area contributed by atoms with Crippen LogP contribution in [0.15, 0.2) is 0 Å². The number of alkyl halides is 2. The number of nitrogens with two attached hydrogens (primary N) is 5. The average molecular weight is 826 g/mol. The first-order chi connectivity index (χ1) is 26.3. The molecule has 21 atom stereocenters. The minimum atomic E-state index is -4.06. The minimum Gasteiger partial charge on any atom is -0.394 e. The van der Waals surface area contributed by atoms with Gasteiger partial charge < -0.3 is 119 Å². The molecule has 3 saturated heterocycles. The van der Waals surface area contributed by atoms with Gasteiger partial charge in [0.05, 0.1) is 44.0 Å². The number of hydrogen-bond acceptors (Lipinski definition) is 23. The van der Waals surface area contributed by atoms with E-state index >= 15 is 0 Å². The van der Waals surface area contributed by atoms with E-state index in [4.69, 9.17) is 62.2 Å². The van der Waals surface area contributed by atoms with Crippen LogP contribution in [0.2, 0.25) is 0 Å². The molecule has 24 nitrogen and oxygen atoms in total. The first-order valence-corrected chi connectivity index (χ1v) is 18.0. The standard InChI is InChI=1S/C30H57F2N7O17/c31-30(32,7-34)25(49)26(50)39-10-1-9(35)22(54-28-15(37)20(47)18(45)12(52-28)4-38-3-8(42)5-40)24(16(10)43)56-29-21(48)23(13(6-41)53-29)55-27-14(36)19(46)17(44)11(2-33)51-27/h8-25,27-29,38,40-49H,1-7,33-37H2,(H,39,50)/t8?,9-,10+,11-,12+,13+,14+,15+,16-,17+,18+,19+,20+,21+,22+,23+,24+,25?,27+,28+,29-/m0/s1. The van der Waals surface area contributed by atoms with Gasteiger partial charge in [-0.3, -0.25) is 4.79 Å². The molecule has 0 aromatic heterocycles. The van der Waals surface area contributed by atoms with Gasteiger partial charge in [0.25, 0.3) is 11.8 Å². The Bertz CT molecular complexity index is 1250. The minimum absolute atomic E-state index is 0.135. The van der Waals surface area contributed by atoms with Gasteiger partial charge in [0.2, 0.25) is 0 Å². The van der Waals surface area contributed by atoms with E-state index in [1.807, 2.05) is 0 Å². The van der Waals surface area contributed by atoms with Gasteiger partial charge >= 0.3 is 0 Å². The van der Waals surface area contributed by atoms with Crippen molar-refractivity contribution in [3.63, 3.8) is 0 Å². The van der Waals surface area contributed by atoms with Crippen molar-refractivity contribution < 1.29 is 93.1 Å². The Morgan fingerprint density at radius 3 is 1.84 bits per heavy atom. The van der Waals surface area contributed by atoms with E-state index in [-0.39, 0.29) is 19.6 Å². The lowest BCUT2D eigenvalue weighted by atomic mass is 9.83. The summed E-state index contributed by atoms with van der Waals surface area (Å²) in [4.78, 5) is 12.7. The van der Waals surface area contributed by atoms with Gasteiger partial charge in [-0.1, -0.05) is 0 Å². The molecule has 4 rings (SSSR count). The summed E-state index contributed by atoms with van der Waals surface area (Å²) in [5, 5.41) is 109. The van der Waals surface area contributed by atoms with E-state index < -0.39 is 167 Å². The SMILES string of the molecule is NC[C@@H]1O[C@H](O[C@H]2[C@@H](O)[C@H](O[C@@H]3[C@@H](O)[C@H](NC(=O)C(O)C(F)(F)CN)C[C@H](N)[C@H]3O[C@H]3O[C@H](CNCC(O)CO)[C@@H](O)[C@H](O)[C@H]3N)O[C@@H]2CO)[C@H](N)[C@@H](O)[C@@H]1O. The topological polar surface area (TPSA) is 429 Å². The maximum Gasteiger partial charge on any atom is 0.294 e. The van der Waals surface area contributed by atoms with Crippen molar-refractivity contribution >= 4 is 5.91 Å². The molecule has 22 N–H and O–H groups in total. The lowest BCUT2D eigenvalue weighted by Gasteiger charge is -2.48. The van der Waals surface area contributed by atoms with Crippen LogP contribution in [0, 0.1) is 0 Å². The maximum absolute atomic E-state index is 14.1. The van der Waals surface area contributed by atoms with E-state index in [0.717, 1.165) is 0 Å². The summed E-state index contributed by atoms with van der Waals surface area (Å²) in [7, 11) is 0. The van der Waals surface area contributed by atoms with E-state index in [9.17, 15) is 59.5 Å². The molecule has 4 fully saturated rings. The molecular weight excluding hydrogens is 768 g/mol. The van der Waals surface area contributed by atoms with Crippen LogP contribution in [0.3, 0.4) is 0 Å². The number of ether oxygens (including phenoxy) is 6. The molecule has 0 radical (unpaired) electrons. The highest BCUT2D eigenvalue weighted by Gasteiger charge is 2.55. The summed E-state index contributed by atoms with van der Waals surface area (Å²) in [6.07, 6.45) is -28.3. The van der Waals surface area contributed by atoms with Crippen LogP contribution in [-0.2, 0) is 33.2 Å². The second-order valence-corrected chi connectivity index (χ2v) is 14.3. The fourth-order valence-corrected chi connectivity index (χ4v) is 6.85. The number of aliphatic hydroxyl groups is 10. The Hall–Kier alpha value is -1.55. The zero-order valence-corrected chi connectivity index (χ0v) is 30.0. The van der Waals surface area contributed by atoms with Gasteiger partial charge in [-0.25, -0.2) is 8.78 Å². The van der Waals surface area contributed by atoms with Crippen molar-refractivity contribution in [3.05, 3.63) is 0 Å². The quantitative estimate of drug-likeness (QED) is 0.0647. The predicted octanol–water partition coefficient (Wildman–Crippen LogP) is -10.8. The van der Waals surface area contributed by atoms with Gasteiger partial charge in [-0.05, 0) is 6.42 Å². The Morgan fingerprint density at radius 1 is 0.750 bits per heavy atom. The Kier molecular flexibility index (Phi) is 16.9. The summed E-state index contributed by atoms with van der Waals surface area (Å²) < 4.78 is 63.1. The van der Waals surface area contributed by atoms with Gasteiger partial charge in [0.1, 0.15) is 73.2 Å². The predicted molar refractivity (Wildman–Crippen MR) is 179 cm³/mol. The number of carbonyl (C=O) groups is 1. The third-order valence-electron chi connectivity index (χ3n) is 10.3. The van der Waals surface area contributed by atoms with Gasteiger partial charge in [0, 0.05) is 25.7 Å². The monoisotopic (exact) mass is 825 g/mol. The van der Waals surface area contributed by atoms with Crippen LogP contribution in [0.1, 0.15) is 6.42 Å². The second kappa shape index (κ2) is 20.1. The first kappa shape index (κ1) is 47.1. The fourth-order valence-electron chi connectivity index (χ4n) is 6.85. The molecule has 4 aliphatic rings. The average Bonchev–Trinajstić information content (AvgIpc) is 3.47. The van der Waals surface area contributed by atoms with E-state index in [1.54, 1.807) is 0 Å². The lowest BCUT2D eigenvalue weighted by molar-refractivity contribution is -0.308. The summed E-state index contributed by atoms with van der Waals surface area (Å²) in [5.74, 6) is -5.70. The molecule has 0 bridgehead atoms. The zero-order chi connectivity index (χ0) is 41.8. The number of carbonyl (C=O) groups excluding carboxylic acids is 1. The molecule has 26 heteroatoms. The fraction of sp³-hybridized carbons (Fsp3) is 0.967. The third kappa shape index (κ3) is 10.4. The normalized spacial score (nSPS) is 44.7. The molecule has 1 saturated carbocycles. The van der Waals surface area contributed by atoms with Crippen LogP contribution in [0.25, 0.3) is 0 Å². The van der Waals surface area contributed by atoms with Crippen molar-refractivity contribution in [2.24, 2.45) is 28.7 Å². The lowest BCUT2D eigenvalue weighted by Crippen LogP contribution is -2.69. The van der Waals surface area contributed by atoms with E-state index in [1.165, 1.54) is 0 Å². The molecule has 328 valence electrons. The van der Waals surface area contributed by atoms with Gasteiger partial charge in [0.15, 0.2) is 25.0 Å². The summed E-state index contributed by atoms with van der Waals surface area (Å²) in [6, 6.07) is -5.71. The van der Waals surface area contributed by atoms with E-state index in [2.05, 4.69) is 10.6 Å². The molecule has 0 spiro atoms. The molecule has 2 unspecified atom stereocenters. The molecule has 3 heterocycles. The number of aliphatic hydroxyl groups excluding tert-OH is 10. The zero-order valence-electron chi connectivity index (χ0n) is 30.0. The number of halogens is 2. The van der Waals surface area contributed by atoms with Crippen molar-refractivity contribution in [3.8, 4) is 0 Å². The van der Waals surface area contributed by atoms with Crippen LogP contribution >= 0.6 is 0 Å². The van der Waals surface area contributed by atoms with Crippen molar-refractivity contribution in [2.45, 2.75) is 141 Å². The summed E-state index contributed by atoms with van der Waals surface area (Å²) in [6.45, 7) is -3.39. The number of hydrogen-bond donors (Lipinski definition) is 17. The third-order valence-corrected chi connectivity index (χ3v) is 10.3. The van der Waals surface area contributed by atoms with Crippen LogP contribution < -0.4 is 39.3 Å². The van der Waals surface area contributed by atoms with E-state index in [0.29, 0.717) is 0 Å². The van der Waals surface area contributed by atoms with Gasteiger partial charge in [-0.15, -0.1) is 0 Å². The molecule has 3 aliphatic heterocycles. The maximum atomic E-state index is 14.1. The first-order valence-electron chi connectivity index (χ1n) is 18.0. The van der Waals surface area contributed by atoms with Crippen LogP contribution in [0.5, 0.6) is 0 Å². The van der Waals surface area contributed by atoms with Crippen LogP contribution in [0.4, 0.5) is 8.78 Å². The Balaban J connectivity index is 1.59. The second-order valence-electron chi connectivity index (χ2n) is 14.3. The Morgan fingerprint density at radius 2 is 1.29 bits per heavy atom. The van der Waals surface area contributed by atoms with Crippen molar-refractivity contribution in [1.82, 2.24) is 10.6 Å². The molecule has 0 aromatic carbocycles. The Labute approximate surface area is 318 Å². The number of rotatable bonds is 17. The van der Waals surface area contributed by atoms with Crippen LogP contribution in [-0.4, -0.2) is 231 Å². The molecular formula is C30H57F2N7O17. The summed E-state index contributed by atoms with van der Waals surface area (Å²) in [5.41, 5.74) is 29.2. The van der Waals surface area contributed by atoms with Crippen molar-refractivity contribution in [2.75, 3.05) is 39.4 Å². The molecule has 56 heavy (non-hydrogen) atoms. The highest BCUT2D eigenvalue weighted by molar-refractivity contribution is 5.82. The molecule has 1 aliphatic carbocycles. The number of amides is 1. The molecule has 1 amide bonds. The van der Waals surface area contributed by atoms with Gasteiger partial charge in [-0.2, -0.15) is 0 Å². The number of nitrogens with one attached hydrogen (secondary N) is 2. The molecule has 0 aromatic rings. The largest absolute Gasteiger partial charge is 0.394 e. The highest BCUT2D eigenvalue weighted by atomic mass is 19.3. The highest BCUT2D eigenvalue weighted by Crippen LogP contribution is 2.35. The van der Waals surface area contributed by atoms with Crippen molar-refractivity contribution in [1.29, 1.82) is 0 Å². The smallest absolute Gasteiger partial charge is 0.294 e.